The lowest BCUT2D eigenvalue weighted by Gasteiger charge is -2.11. The summed E-state index contributed by atoms with van der Waals surface area (Å²) in [4.78, 5) is 10.5. The third kappa shape index (κ3) is 3.59. The van der Waals surface area contributed by atoms with Gasteiger partial charge in [0.15, 0.2) is 0 Å². The second kappa shape index (κ2) is 6.24. The van der Waals surface area contributed by atoms with E-state index in [2.05, 4.69) is 15.9 Å². The number of nitro groups is 1. The highest BCUT2D eigenvalue weighted by Gasteiger charge is 2.16. The molecule has 0 aliphatic heterocycles. The fourth-order valence-electron chi connectivity index (χ4n) is 1.89. The van der Waals surface area contributed by atoms with Gasteiger partial charge in [0.05, 0.1) is 11.0 Å². The molecule has 0 bridgehead atoms. The van der Waals surface area contributed by atoms with Crippen LogP contribution in [0.1, 0.15) is 24.2 Å². The molecule has 1 N–H and O–H groups in total. The van der Waals surface area contributed by atoms with Gasteiger partial charge in [-0.3, -0.25) is 10.1 Å². The number of aliphatic hydroxyl groups excluding tert-OH is 1. The average molecular weight is 352 g/mol. The standard InChI is InChI=1S/C15H14BrNO4/c1-9-3-6-14(17(19)20)15(7-9)21-11-4-5-12(10(2)18)13(16)8-11/h3-8,10,18H,1-2H3/t10-/m0/s1. The fourth-order valence-corrected chi connectivity index (χ4v) is 2.58. The highest BCUT2D eigenvalue weighted by Crippen LogP contribution is 2.34. The SMILES string of the molecule is Cc1ccc([N+](=O)[O-])c(Oc2ccc([C@H](C)O)c(Br)c2)c1. The zero-order valence-corrected chi connectivity index (χ0v) is 13.1. The molecular weight excluding hydrogens is 338 g/mol. The van der Waals surface area contributed by atoms with E-state index in [1.807, 2.05) is 6.92 Å². The molecule has 0 saturated heterocycles. The molecule has 21 heavy (non-hydrogen) atoms. The number of nitro benzene ring substituents is 1. The quantitative estimate of drug-likeness (QED) is 0.649. The van der Waals surface area contributed by atoms with Crippen LogP contribution >= 0.6 is 15.9 Å². The molecule has 0 aliphatic rings. The smallest absolute Gasteiger partial charge is 0.311 e. The van der Waals surface area contributed by atoms with Gasteiger partial charge in [-0.1, -0.05) is 28.1 Å². The Bertz CT molecular complexity index is 685. The summed E-state index contributed by atoms with van der Waals surface area (Å²) < 4.78 is 6.30. The maximum Gasteiger partial charge on any atom is 0.311 e. The van der Waals surface area contributed by atoms with Crippen LogP contribution in [0.25, 0.3) is 0 Å². The molecule has 0 aromatic heterocycles. The van der Waals surface area contributed by atoms with Crippen molar-refractivity contribution in [2.45, 2.75) is 20.0 Å². The molecule has 0 aliphatic carbocycles. The van der Waals surface area contributed by atoms with Crippen LogP contribution in [0, 0.1) is 17.0 Å². The maximum absolute atomic E-state index is 11.0. The fraction of sp³-hybridized carbons (Fsp3) is 0.200. The Balaban J connectivity index is 2.36. The summed E-state index contributed by atoms with van der Waals surface area (Å²) in [7, 11) is 0. The Kier molecular flexibility index (Phi) is 4.59. The molecule has 0 radical (unpaired) electrons. The van der Waals surface area contributed by atoms with Gasteiger partial charge in [-0.15, -0.1) is 0 Å². The van der Waals surface area contributed by atoms with Crippen molar-refractivity contribution in [2.24, 2.45) is 0 Å². The topological polar surface area (TPSA) is 72.6 Å². The summed E-state index contributed by atoms with van der Waals surface area (Å²) in [5, 5.41) is 20.6. The largest absolute Gasteiger partial charge is 0.450 e. The monoisotopic (exact) mass is 351 g/mol. The van der Waals surface area contributed by atoms with Gasteiger partial charge in [-0.25, -0.2) is 0 Å². The second-order valence-corrected chi connectivity index (χ2v) is 5.54. The molecule has 6 heteroatoms. The predicted octanol–water partition coefficient (Wildman–Crippen LogP) is 4.51. The van der Waals surface area contributed by atoms with E-state index in [0.717, 1.165) is 11.1 Å². The van der Waals surface area contributed by atoms with E-state index in [4.69, 9.17) is 4.74 Å². The molecule has 0 heterocycles. The lowest BCUT2D eigenvalue weighted by atomic mass is 10.1. The highest BCUT2D eigenvalue weighted by atomic mass is 79.9. The van der Waals surface area contributed by atoms with Crippen molar-refractivity contribution < 1.29 is 14.8 Å². The average Bonchev–Trinajstić information content (AvgIpc) is 2.37. The number of rotatable bonds is 4. The van der Waals surface area contributed by atoms with Crippen LogP contribution in [-0.4, -0.2) is 10.0 Å². The van der Waals surface area contributed by atoms with Crippen LogP contribution in [0.4, 0.5) is 5.69 Å². The van der Waals surface area contributed by atoms with Gasteiger partial charge in [-0.2, -0.15) is 0 Å². The Morgan fingerprint density at radius 3 is 2.57 bits per heavy atom. The first-order chi connectivity index (χ1) is 9.88. The van der Waals surface area contributed by atoms with Gasteiger partial charge in [0.25, 0.3) is 0 Å². The normalized spacial score (nSPS) is 12.0. The van der Waals surface area contributed by atoms with Gasteiger partial charge in [0.1, 0.15) is 5.75 Å². The molecule has 110 valence electrons. The molecule has 2 aromatic rings. The summed E-state index contributed by atoms with van der Waals surface area (Å²) >= 11 is 3.35. The number of aryl methyl sites for hydroxylation is 1. The van der Waals surface area contributed by atoms with Gasteiger partial charge < -0.3 is 9.84 Å². The van der Waals surface area contributed by atoms with Gasteiger partial charge >= 0.3 is 5.69 Å². The Hall–Kier alpha value is -1.92. The van der Waals surface area contributed by atoms with E-state index in [1.165, 1.54) is 6.07 Å². The van der Waals surface area contributed by atoms with Crippen LogP contribution < -0.4 is 4.74 Å². The van der Waals surface area contributed by atoms with Crippen molar-refractivity contribution in [1.29, 1.82) is 0 Å². The van der Waals surface area contributed by atoms with Crippen molar-refractivity contribution in [2.75, 3.05) is 0 Å². The molecular formula is C15H14BrNO4. The highest BCUT2D eigenvalue weighted by molar-refractivity contribution is 9.10. The van der Waals surface area contributed by atoms with Gasteiger partial charge in [0, 0.05) is 10.5 Å². The van der Waals surface area contributed by atoms with Gasteiger partial charge in [0.2, 0.25) is 5.75 Å². The molecule has 1 atom stereocenters. The lowest BCUT2D eigenvalue weighted by Crippen LogP contribution is -1.96. The number of aliphatic hydroxyl groups is 1. The number of ether oxygens (including phenoxy) is 1. The Morgan fingerprint density at radius 1 is 1.29 bits per heavy atom. The van der Waals surface area contributed by atoms with Crippen LogP contribution in [0.5, 0.6) is 11.5 Å². The molecule has 0 unspecified atom stereocenters. The summed E-state index contributed by atoms with van der Waals surface area (Å²) in [5.41, 5.74) is 1.51. The first kappa shape index (κ1) is 15.5. The van der Waals surface area contributed by atoms with E-state index in [0.29, 0.717) is 10.2 Å². The molecule has 5 nitrogen and oxygen atoms in total. The number of hydrogen-bond acceptors (Lipinski definition) is 4. The first-order valence-corrected chi connectivity index (χ1v) is 7.08. The molecule has 0 saturated carbocycles. The van der Waals surface area contributed by atoms with Crippen LogP contribution in [-0.2, 0) is 0 Å². The first-order valence-electron chi connectivity index (χ1n) is 6.29. The van der Waals surface area contributed by atoms with Crippen LogP contribution in [0.3, 0.4) is 0 Å². The van der Waals surface area contributed by atoms with Crippen molar-refractivity contribution in [3.8, 4) is 11.5 Å². The van der Waals surface area contributed by atoms with E-state index in [-0.39, 0.29) is 11.4 Å². The summed E-state index contributed by atoms with van der Waals surface area (Å²) in [6.07, 6.45) is -0.610. The van der Waals surface area contributed by atoms with E-state index in [9.17, 15) is 15.2 Å². The molecule has 0 spiro atoms. The van der Waals surface area contributed by atoms with Gasteiger partial charge in [-0.05, 0) is 43.2 Å². The van der Waals surface area contributed by atoms with Crippen LogP contribution in [0.15, 0.2) is 40.9 Å². The molecule has 2 rings (SSSR count). The predicted molar refractivity (Wildman–Crippen MR) is 82.7 cm³/mol. The van der Waals surface area contributed by atoms with E-state index in [1.54, 1.807) is 37.3 Å². The van der Waals surface area contributed by atoms with Crippen molar-refractivity contribution in [3.05, 3.63) is 62.1 Å². The maximum atomic E-state index is 11.0. The summed E-state index contributed by atoms with van der Waals surface area (Å²) in [6.45, 7) is 3.50. The minimum Gasteiger partial charge on any atom is -0.450 e. The second-order valence-electron chi connectivity index (χ2n) is 4.69. The Morgan fingerprint density at radius 2 is 2.00 bits per heavy atom. The summed E-state index contributed by atoms with van der Waals surface area (Å²) in [5.74, 6) is 0.650. The Labute approximate surface area is 130 Å². The van der Waals surface area contributed by atoms with Crippen LogP contribution in [0.2, 0.25) is 0 Å². The van der Waals surface area contributed by atoms with E-state index >= 15 is 0 Å². The van der Waals surface area contributed by atoms with Crippen molar-refractivity contribution >= 4 is 21.6 Å². The number of hydrogen-bond donors (Lipinski definition) is 1. The third-order valence-electron chi connectivity index (χ3n) is 2.96. The zero-order valence-electron chi connectivity index (χ0n) is 11.5. The lowest BCUT2D eigenvalue weighted by molar-refractivity contribution is -0.385. The number of halogens is 1. The zero-order chi connectivity index (χ0) is 15.6. The molecule has 2 aromatic carbocycles. The third-order valence-corrected chi connectivity index (χ3v) is 3.65. The minimum absolute atomic E-state index is 0.0867. The molecule has 0 fully saturated rings. The number of benzene rings is 2. The molecule has 0 amide bonds. The number of nitrogens with zero attached hydrogens (tertiary/aromatic N) is 1. The van der Waals surface area contributed by atoms with E-state index < -0.39 is 11.0 Å². The minimum atomic E-state index is -0.610. The van der Waals surface area contributed by atoms with Crippen molar-refractivity contribution in [3.63, 3.8) is 0 Å². The van der Waals surface area contributed by atoms with Crippen molar-refractivity contribution in [1.82, 2.24) is 0 Å². The summed E-state index contributed by atoms with van der Waals surface area (Å²) in [6, 6.07) is 9.76.